The highest BCUT2D eigenvalue weighted by Crippen LogP contribution is 2.33. The summed E-state index contributed by atoms with van der Waals surface area (Å²) >= 11 is 0. The first-order chi connectivity index (χ1) is 18.1. The Morgan fingerprint density at radius 3 is 2.35 bits per heavy atom. The average Bonchev–Trinajstić information content (AvgIpc) is 3.47. The van der Waals surface area contributed by atoms with Crippen molar-refractivity contribution in [2.75, 3.05) is 25.6 Å². The quantitative estimate of drug-likeness (QED) is 0.316. The van der Waals surface area contributed by atoms with E-state index < -0.39 is 24.5 Å². The molecule has 0 spiro atoms. The number of hydrogen-bond donors (Lipinski definition) is 3. The maximum atomic E-state index is 10.7. The van der Waals surface area contributed by atoms with Gasteiger partial charge in [0, 0.05) is 19.6 Å². The van der Waals surface area contributed by atoms with Gasteiger partial charge >= 0.3 is 0 Å². The Kier molecular flexibility index (Phi) is 7.39. The number of aliphatic hydroxyl groups excluding tert-OH is 2. The number of benzene rings is 2. The van der Waals surface area contributed by atoms with Gasteiger partial charge in [0.1, 0.15) is 24.1 Å². The fourth-order valence-corrected chi connectivity index (χ4v) is 4.68. The molecule has 37 heavy (non-hydrogen) atoms. The summed E-state index contributed by atoms with van der Waals surface area (Å²) in [5.74, 6) is 0.836. The van der Waals surface area contributed by atoms with Crippen LogP contribution in [0.25, 0.3) is 11.2 Å². The van der Waals surface area contributed by atoms with Crippen LogP contribution in [0.2, 0.25) is 0 Å². The highest BCUT2D eigenvalue weighted by Gasteiger charge is 2.44. The van der Waals surface area contributed by atoms with Crippen molar-refractivity contribution in [3.05, 3.63) is 83.9 Å². The molecule has 4 unspecified atom stereocenters. The normalized spacial score (nSPS) is 21.4. The largest absolute Gasteiger partial charge is 0.387 e. The number of nitrogens with zero attached hydrogens (tertiary/aromatic N) is 5. The van der Waals surface area contributed by atoms with Crippen molar-refractivity contribution in [2.24, 2.45) is 0 Å². The molecule has 1 saturated heterocycles. The number of rotatable bonds is 9. The molecule has 3 heterocycles. The molecule has 10 heteroatoms. The lowest BCUT2D eigenvalue weighted by Gasteiger charge is -2.20. The van der Waals surface area contributed by atoms with E-state index in [2.05, 4.69) is 50.6 Å². The van der Waals surface area contributed by atoms with E-state index in [4.69, 9.17) is 9.47 Å². The zero-order valence-electron chi connectivity index (χ0n) is 20.3. The Bertz CT molecular complexity index is 1330. The molecule has 2 aromatic carbocycles. The Labute approximate surface area is 214 Å². The van der Waals surface area contributed by atoms with Crippen LogP contribution in [-0.2, 0) is 15.9 Å². The van der Waals surface area contributed by atoms with E-state index in [9.17, 15) is 15.5 Å². The van der Waals surface area contributed by atoms with Gasteiger partial charge in [0.05, 0.1) is 25.4 Å². The smallest absolute Gasteiger partial charge is 0.168 e. The summed E-state index contributed by atoms with van der Waals surface area (Å²) in [6, 6.07) is 22.5. The summed E-state index contributed by atoms with van der Waals surface area (Å²) in [7, 11) is 1.50. The zero-order chi connectivity index (χ0) is 25.8. The topological polar surface area (TPSA) is 138 Å². The van der Waals surface area contributed by atoms with E-state index in [-0.39, 0.29) is 18.9 Å². The maximum absolute atomic E-state index is 10.7. The molecule has 1 aliphatic heterocycles. The van der Waals surface area contributed by atoms with Gasteiger partial charge in [-0.2, -0.15) is 5.26 Å². The third kappa shape index (κ3) is 5.03. The van der Waals surface area contributed by atoms with Crippen molar-refractivity contribution >= 4 is 17.0 Å². The van der Waals surface area contributed by atoms with Crippen molar-refractivity contribution in [3.63, 3.8) is 0 Å². The van der Waals surface area contributed by atoms with Crippen LogP contribution in [0.5, 0.6) is 0 Å². The molecule has 1 aliphatic rings. The van der Waals surface area contributed by atoms with Crippen LogP contribution in [0.3, 0.4) is 0 Å². The molecule has 0 saturated carbocycles. The monoisotopic (exact) mass is 500 g/mol. The first-order valence-corrected chi connectivity index (χ1v) is 12.1. The molecule has 0 aliphatic carbocycles. The van der Waals surface area contributed by atoms with Crippen LogP contribution in [-0.4, -0.2) is 68.3 Å². The lowest BCUT2D eigenvalue weighted by Crippen LogP contribution is -2.33. The Hall–Kier alpha value is -3.88. The van der Waals surface area contributed by atoms with Gasteiger partial charge < -0.3 is 25.0 Å². The van der Waals surface area contributed by atoms with Crippen LogP contribution >= 0.6 is 0 Å². The number of aliphatic hydroxyl groups is 2. The minimum atomic E-state index is -1.20. The van der Waals surface area contributed by atoms with Gasteiger partial charge in [0.2, 0.25) is 0 Å². The summed E-state index contributed by atoms with van der Waals surface area (Å²) in [5, 5.41) is 33.8. The number of fused-ring (bicyclic) bond motifs is 1. The molecule has 10 nitrogen and oxygen atoms in total. The molecule has 0 radical (unpaired) electrons. The maximum Gasteiger partial charge on any atom is 0.168 e. The van der Waals surface area contributed by atoms with E-state index >= 15 is 0 Å². The van der Waals surface area contributed by atoms with Crippen LogP contribution in [0.4, 0.5) is 5.82 Å². The van der Waals surface area contributed by atoms with Gasteiger partial charge in [-0.3, -0.25) is 4.57 Å². The van der Waals surface area contributed by atoms with Gasteiger partial charge in [0.25, 0.3) is 0 Å². The van der Waals surface area contributed by atoms with Gasteiger partial charge in [-0.1, -0.05) is 60.7 Å². The molecule has 190 valence electrons. The van der Waals surface area contributed by atoms with Gasteiger partial charge in [-0.15, -0.1) is 0 Å². The third-order valence-corrected chi connectivity index (χ3v) is 6.52. The predicted octanol–water partition coefficient (Wildman–Crippen LogP) is 2.40. The van der Waals surface area contributed by atoms with E-state index in [0.29, 0.717) is 29.4 Å². The van der Waals surface area contributed by atoms with Crippen molar-refractivity contribution in [2.45, 2.75) is 36.9 Å². The fraction of sp³-hybridized carbons (Fsp3) is 0.333. The minimum Gasteiger partial charge on any atom is -0.387 e. The second-order valence-corrected chi connectivity index (χ2v) is 8.90. The van der Waals surface area contributed by atoms with E-state index in [0.717, 1.165) is 11.1 Å². The summed E-state index contributed by atoms with van der Waals surface area (Å²) in [6.07, 6.45) is -2.44. The number of nitriles is 1. The number of imidazole rings is 1. The standard InChI is InChI=1S/C27H28N6O4/c1-36-15-20-23(34)24(35)27(37-20)33-16-30-22-25(31-21(12-13-28)32-26(22)33)29-14-19(17-8-4-2-5-9-17)18-10-6-3-7-11-18/h2-11,16,19-20,23-24,27,34-35H,12,14-15H2,1H3,(H,29,31,32). The minimum absolute atomic E-state index is 0.000396. The fourth-order valence-electron chi connectivity index (χ4n) is 4.68. The number of nitrogens with one attached hydrogen (secondary N) is 1. The van der Waals surface area contributed by atoms with E-state index in [1.165, 1.54) is 13.4 Å². The lowest BCUT2D eigenvalue weighted by atomic mass is 9.91. The second kappa shape index (κ2) is 11.0. The van der Waals surface area contributed by atoms with Gasteiger partial charge in [0.15, 0.2) is 23.2 Å². The van der Waals surface area contributed by atoms with Crippen molar-refractivity contribution < 1.29 is 19.7 Å². The van der Waals surface area contributed by atoms with Crippen LogP contribution < -0.4 is 5.32 Å². The highest BCUT2D eigenvalue weighted by molar-refractivity contribution is 5.83. The summed E-state index contributed by atoms with van der Waals surface area (Å²) in [5.41, 5.74) is 3.17. The molecule has 4 aromatic rings. The molecule has 2 aromatic heterocycles. The molecule has 0 amide bonds. The first kappa shape index (κ1) is 24.8. The lowest BCUT2D eigenvalue weighted by molar-refractivity contribution is -0.0580. The molecule has 0 bridgehead atoms. The summed E-state index contributed by atoms with van der Waals surface area (Å²) < 4.78 is 12.6. The van der Waals surface area contributed by atoms with E-state index in [1.807, 2.05) is 36.4 Å². The average molecular weight is 501 g/mol. The zero-order valence-corrected chi connectivity index (χ0v) is 20.3. The number of aromatic nitrogens is 4. The van der Waals surface area contributed by atoms with Crippen molar-refractivity contribution in [1.29, 1.82) is 5.26 Å². The van der Waals surface area contributed by atoms with Crippen LogP contribution in [0.15, 0.2) is 67.0 Å². The highest BCUT2D eigenvalue weighted by atomic mass is 16.6. The SMILES string of the molecule is COCC1OC(n2cnc3c(NCC(c4ccccc4)c4ccccc4)nc(CC#N)nc32)C(O)C1O. The van der Waals surface area contributed by atoms with Crippen molar-refractivity contribution in [3.8, 4) is 6.07 Å². The number of ether oxygens (including phenoxy) is 2. The molecule has 1 fully saturated rings. The van der Waals surface area contributed by atoms with E-state index in [1.54, 1.807) is 4.57 Å². The van der Waals surface area contributed by atoms with Crippen LogP contribution in [0.1, 0.15) is 29.1 Å². The molecular weight excluding hydrogens is 472 g/mol. The number of hydrogen-bond acceptors (Lipinski definition) is 9. The molecule has 3 N–H and O–H groups in total. The first-order valence-electron chi connectivity index (χ1n) is 12.1. The third-order valence-electron chi connectivity index (χ3n) is 6.52. The van der Waals surface area contributed by atoms with Crippen molar-refractivity contribution in [1.82, 2.24) is 19.5 Å². The molecular formula is C27H28N6O4. The Morgan fingerprint density at radius 1 is 1.05 bits per heavy atom. The Morgan fingerprint density at radius 2 is 1.73 bits per heavy atom. The van der Waals surface area contributed by atoms with Gasteiger partial charge in [-0.05, 0) is 11.1 Å². The summed E-state index contributed by atoms with van der Waals surface area (Å²) in [4.78, 5) is 13.6. The Balaban J connectivity index is 1.49. The summed E-state index contributed by atoms with van der Waals surface area (Å²) in [6.45, 7) is 0.652. The molecule has 5 rings (SSSR count). The molecule has 4 atom stereocenters. The van der Waals surface area contributed by atoms with Gasteiger partial charge in [-0.25, -0.2) is 15.0 Å². The number of methoxy groups -OCH3 is 1. The number of anilines is 1. The predicted molar refractivity (Wildman–Crippen MR) is 136 cm³/mol. The second-order valence-electron chi connectivity index (χ2n) is 8.90. The van der Waals surface area contributed by atoms with Crippen LogP contribution in [0, 0.1) is 11.3 Å².